The second-order valence-electron chi connectivity index (χ2n) is 1.38. The Labute approximate surface area is 54.1 Å². The predicted octanol–water partition coefficient (Wildman–Crippen LogP) is -0.0112. The van der Waals surface area contributed by atoms with Crippen LogP contribution in [-0.4, -0.2) is 33.5 Å². The van der Waals surface area contributed by atoms with Gasteiger partial charge in [-0.05, 0) is 0 Å². The fourth-order valence-corrected chi connectivity index (χ4v) is 0.290. The molecule has 1 N–H and O–H groups in total. The topological polar surface area (TPSA) is 47.6 Å². The molecule has 0 bridgehead atoms. The summed E-state index contributed by atoms with van der Waals surface area (Å²) in [6.07, 6.45) is -0.424. The molecule has 54 valence electrons. The van der Waals surface area contributed by atoms with Crippen LogP contribution in [0.1, 0.15) is 0 Å². The van der Waals surface area contributed by atoms with Crippen LogP contribution < -0.4 is 5.32 Å². The number of hydrogen-bond donors (Lipinski definition) is 1. The van der Waals surface area contributed by atoms with Gasteiger partial charge in [0.1, 0.15) is 6.61 Å². The summed E-state index contributed by atoms with van der Waals surface area (Å²) in [7, 11) is 3.06. The minimum Gasteiger partial charge on any atom is -0.447 e. The fraction of sp³-hybridized carbons (Fsp3) is 0.800. The van der Waals surface area contributed by atoms with Gasteiger partial charge in [-0.3, -0.25) is 0 Å². The van der Waals surface area contributed by atoms with Gasteiger partial charge in [0.25, 0.3) is 0 Å². The van der Waals surface area contributed by atoms with Gasteiger partial charge in [0.2, 0.25) is 0 Å². The lowest BCUT2D eigenvalue weighted by Crippen LogP contribution is -2.20. The molecule has 0 aromatic carbocycles. The molecule has 9 heavy (non-hydrogen) atoms. The van der Waals surface area contributed by atoms with Crippen molar-refractivity contribution < 1.29 is 14.3 Å². The van der Waals surface area contributed by atoms with Gasteiger partial charge in [-0.2, -0.15) is 0 Å². The van der Waals surface area contributed by atoms with Gasteiger partial charge in [0, 0.05) is 14.2 Å². The maximum Gasteiger partial charge on any atom is 0.406 e. The van der Waals surface area contributed by atoms with Gasteiger partial charge in [0.05, 0.1) is 6.61 Å². The molecule has 0 heterocycles. The van der Waals surface area contributed by atoms with Crippen molar-refractivity contribution in [1.29, 1.82) is 0 Å². The van der Waals surface area contributed by atoms with Crippen molar-refractivity contribution in [2.24, 2.45) is 0 Å². The normalized spacial score (nSPS) is 8.67. The van der Waals surface area contributed by atoms with Gasteiger partial charge >= 0.3 is 6.09 Å². The van der Waals surface area contributed by atoms with Crippen molar-refractivity contribution in [1.82, 2.24) is 5.32 Å². The Hall–Kier alpha value is -0.770. The van der Waals surface area contributed by atoms with Crippen LogP contribution in [0.15, 0.2) is 0 Å². The second-order valence-corrected chi connectivity index (χ2v) is 1.38. The molecule has 0 unspecified atom stereocenters. The Bertz CT molecular complexity index is 84.3. The van der Waals surface area contributed by atoms with Gasteiger partial charge in [-0.15, -0.1) is 0 Å². The number of ether oxygens (including phenoxy) is 2. The van der Waals surface area contributed by atoms with E-state index in [1.54, 1.807) is 7.11 Å². The van der Waals surface area contributed by atoms with E-state index in [0.29, 0.717) is 13.2 Å². The average Bonchev–Trinajstić information content (AvgIpc) is 1.89. The summed E-state index contributed by atoms with van der Waals surface area (Å²) < 4.78 is 9.19. The summed E-state index contributed by atoms with van der Waals surface area (Å²) in [5.41, 5.74) is 0. The lowest BCUT2D eigenvalue weighted by atomic mass is 10.8. The molecule has 4 nitrogen and oxygen atoms in total. The third-order valence-electron chi connectivity index (χ3n) is 0.725. The first-order chi connectivity index (χ1) is 4.31. The van der Waals surface area contributed by atoms with Gasteiger partial charge in [0.15, 0.2) is 0 Å². The van der Waals surface area contributed by atoms with Gasteiger partial charge in [-0.25, -0.2) is 4.79 Å². The zero-order valence-electron chi connectivity index (χ0n) is 5.64. The molecule has 0 saturated heterocycles. The highest BCUT2D eigenvalue weighted by Gasteiger charge is 1.93. The molecule has 0 saturated carbocycles. The highest BCUT2D eigenvalue weighted by molar-refractivity contribution is 5.66. The number of nitrogens with one attached hydrogen (secondary N) is 1. The third-order valence-corrected chi connectivity index (χ3v) is 0.725. The van der Waals surface area contributed by atoms with Crippen LogP contribution in [0.4, 0.5) is 4.79 Å². The summed E-state index contributed by atoms with van der Waals surface area (Å²) in [4.78, 5) is 10.3. The van der Waals surface area contributed by atoms with Crippen LogP contribution in [0.3, 0.4) is 0 Å². The Balaban J connectivity index is 2.97. The molecular weight excluding hydrogens is 122 g/mol. The maximum atomic E-state index is 10.3. The Morgan fingerprint density at radius 2 is 2.22 bits per heavy atom. The number of carbonyl (C=O) groups is 1. The SMILES string of the molecule is CNC(=O)OCCOC. The van der Waals surface area contributed by atoms with Crippen molar-refractivity contribution >= 4 is 6.09 Å². The summed E-state index contributed by atoms with van der Waals surface area (Å²) in [6.45, 7) is 0.740. The third kappa shape index (κ3) is 5.10. The van der Waals surface area contributed by atoms with Crippen LogP contribution in [-0.2, 0) is 9.47 Å². The van der Waals surface area contributed by atoms with Crippen LogP contribution in [0, 0.1) is 0 Å². The van der Waals surface area contributed by atoms with Gasteiger partial charge in [-0.1, -0.05) is 0 Å². The Morgan fingerprint density at radius 3 is 2.67 bits per heavy atom. The molecule has 0 aliphatic heterocycles. The highest BCUT2D eigenvalue weighted by Crippen LogP contribution is 1.75. The summed E-state index contributed by atoms with van der Waals surface area (Å²) in [6, 6.07) is 0. The van der Waals surface area contributed by atoms with E-state index < -0.39 is 6.09 Å². The molecule has 0 rings (SSSR count). The molecule has 0 aliphatic rings. The zero-order chi connectivity index (χ0) is 7.11. The lowest BCUT2D eigenvalue weighted by Gasteiger charge is -2.00. The minimum absolute atomic E-state index is 0.302. The first-order valence-corrected chi connectivity index (χ1v) is 2.64. The highest BCUT2D eigenvalue weighted by atomic mass is 16.6. The molecule has 0 atom stereocenters. The lowest BCUT2D eigenvalue weighted by molar-refractivity contribution is 0.0998. The molecule has 0 radical (unpaired) electrons. The van der Waals surface area contributed by atoms with Crippen LogP contribution >= 0.6 is 0 Å². The van der Waals surface area contributed by atoms with Crippen LogP contribution in [0.2, 0.25) is 0 Å². The van der Waals surface area contributed by atoms with E-state index in [1.807, 2.05) is 0 Å². The monoisotopic (exact) mass is 133 g/mol. The van der Waals surface area contributed by atoms with E-state index in [0.717, 1.165) is 0 Å². The van der Waals surface area contributed by atoms with E-state index in [9.17, 15) is 4.79 Å². The Kier molecular flexibility index (Phi) is 4.91. The van der Waals surface area contributed by atoms with E-state index >= 15 is 0 Å². The summed E-state index contributed by atoms with van der Waals surface area (Å²) in [5.74, 6) is 0. The first kappa shape index (κ1) is 8.23. The summed E-state index contributed by atoms with van der Waals surface area (Å²) in [5, 5.41) is 2.31. The molecule has 0 fully saturated rings. The number of amides is 1. The average molecular weight is 133 g/mol. The van der Waals surface area contributed by atoms with Crippen molar-refractivity contribution in [3.8, 4) is 0 Å². The Morgan fingerprint density at radius 1 is 1.56 bits per heavy atom. The number of rotatable bonds is 3. The molecular formula is C5H11NO3. The van der Waals surface area contributed by atoms with E-state index in [-0.39, 0.29) is 0 Å². The minimum atomic E-state index is -0.424. The number of alkyl carbamates (subject to hydrolysis) is 1. The van der Waals surface area contributed by atoms with Crippen molar-refractivity contribution in [3.63, 3.8) is 0 Å². The molecule has 0 aromatic heterocycles. The zero-order valence-corrected chi connectivity index (χ0v) is 5.64. The quantitative estimate of drug-likeness (QED) is 0.551. The summed E-state index contributed by atoms with van der Waals surface area (Å²) >= 11 is 0. The second kappa shape index (κ2) is 5.37. The standard InChI is InChI=1S/C5H11NO3/c1-6-5(7)9-4-3-8-2/h3-4H2,1-2H3,(H,6,7). The van der Waals surface area contributed by atoms with Crippen molar-refractivity contribution in [2.45, 2.75) is 0 Å². The molecule has 1 amide bonds. The first-order valence-electron chi connectivity index (χ1n) is 2.64. The smallest absolute Gasteiger partial charge is 0.406 e. The molecule has 0 spiro atoms. The number of methoxy groups -OCH3 is 1. The van der Waals surface area contributed by atoms with Crippen LogP contribution in [0.25, 0.3) is 0 Å². The van der Waals surface area contributed by atoms with Gasteiger partial charge < -0.3 is 14.8 Å². The fourth-order valence-electron chi connectivity index (χ4n) is 0.290. The van der Waals surface area contributed by atoms with E-state index in [4.69, 9.17) is 0 Å². The van der Waals surface area contributed by atoms with Crippen LogP contribution in [0.5, 0.6) is 0 Å². The van der Waals surface area contributed by atoms with E-state index in [1.165, 1.54) is 7.05 Å². The van der Waals surface area contributed by atoms with Crippen molar-refractivity contribution in [3.05, 3.63) is 0 Å². The predicted molar refractivity (Wildman–Crippen MR) is 32.3 cm³/mol. The van der Waals surface area contributed by atoms with Crippen molar-refractivity contribution in [2.75, 3.05) is 27.4 Å². The largest absolute Gasteiger partial charge is 0.447 e. The molecule has 0 aliphatic carbocycles. The maximum absolute atomic E-state index is 10.3. The number of carbonyl (C=O) groups excluding carboxylic acids is 1. The van der Waals surface area contributed by atoms with E-state index in [2.05, 4.69) is 14.8 Å². The number of hydrogen-bond acceptors (Lipinski definition) is 3. The molecule has 0 aromatic rings. The molecule has 4 heteroatoms.